The summed E-state index contributed by atoms with van der Waals surface area (Å²) in [7, 11) is 0. The van der Waals surface area contributed by atoms with Gasteiger partial charge in [-0.2, -0.15) is 0 Å². The lowest BCUT2D eigenvalue weighted by atomic mass is 10.0. The molecule has 0 bridgehead atoms. The number of benzene rings is 2. The number of hydrogen-bond acceptors (Lipinski definition) is 7. The predicted molar refractivity (Wildman–Crippen MR) is 161 cm³/mol. The molecule has 2 aromatic carbocycles. The molecule has 7 rings (SSSR count). The second kappa shape index (κ2) is 11.9. The van der Waals surface area contributed by atoms with Crippen LogP contribution in [0.5, 0.6) is 5.88 Å². The average molecular weight is 597 g/mol. The van der Waals surface area contributed by atoms with Crippen molar-refractivity contribution in [2.75, 3.05) is 19.7 Å². The van der Waals surface area contributed by atoms with Crippen molar-refractivity contribution in [2.45, 2.75) is 51.5 Å². The van der Waals surface area contributed by atoms with Crippen molar-refractivity contribution in [1.29, 1.82) is 0 Å². The van der Waals surface area contributed by atoms with Crippen LogP contribution in [-0.4, -0.2) is 62.1 Å². The monoisotopic (exact) mass is 596 g/mol. The van der Waals surface area contributed by atoms with Crippen molar-refractivity contribution in [2.24, 2.45) is 5.92 Å². The number of nitrogens with zero attached hydrogens (tertiary/aromatic N) is 4. The summed E-state index contributed by atoms with van der Waals surface area (Å²) in [5.41, 5.74) is 4.57. The van der Waals surface area contributed by atoms with Gasteiger partial charge in [-0.25, -0.2) is 19.2 Å². The quantitative estimate of drug-likeness (QED) is 0.226. The van der Waals surface area contributed by atoms with E-state index in [1.807, 2.05) is 12.1 Å². The fourth-order valence-electron chi connectivity index (χ4n) is 5.77. The van der Waals surface area contributed by atoms with E-state index < -0.39 is 11.8 Å². The molecule has 226 valence electrons. The van der Waals surface area contributed by atoms with Crippen molar-refractivity contribution in [1.82, 2.24) is 19.4 Å². The normalized spacial score (nSPS) is 18.6. The number of imidazole rings is 1. The Morgan fingerprint density at radius 2 is 1.89 bits per heavy atom. The second-order valence-electron chi connectivity index (χ2n) is 11.7. The third kappa shape index (κ3) is 6.00. The van der Waals surface area contributed by atoms with Gasteiger partial charge in [0.2, 0.25) is 5.88 Å². The second-order valence-corrected chi connectivity index (χ2v) is 11.7. The zero-order valence-corrected chi connectivity index (χ0v) is 24.2. The number of carbonyl (C=O) groups excluding carboxylic acids is 1. The van der Waals surface area contributed by atoms with Crippen molar-refractivity contribution in [3.63, 3.8) is 0 Å². The topological polar surface area (TPSA) is 107 Å². The average Bonchev–Trinajstić information content (AvgIpc) is 3.81. The van der Waals surface area contributed by atoms with Crippen LogP contribution in [0, 0.1) is 11.7 Å². The van der Waals surface area contributed by atoms with Crippen molar-refractivity contribution < 1.29 is 28.6 Å². The Hall–Kier alpha value is -4.41. The molecule has 0 radical (unpaired) electrons. The summed E-state index contributed by atoms with van der Waals surface area (Å²) < 4.78 is 28.3. The number of rotatable bonds is 11. The lowest BCUT2D eigenvalue weighted by Crippen LogP contribution is -2.33. The number of carbonyl (C=O) groups is 2. The molecule has 1 atom stereocenters. The van der Waals surface area contributed by atoms with Gasteiger partial charge in [0.1, 0.15) is 18.2 Å². The van der Waals surface area contributed by atoms with Gasteiger partial charge in [-0.1, -0.05) is 24.3 Å². The molecule has 1 saturated carbocycles. The molecule has 1 N–H and O–H groups in total. The molecule has 0 spiro atoms. The number of hydrogen-bond donors (Lipinski definition) is 1. The number of ketones is 1. The Labute approximate surface area is 253 Å². The summed E-state index contributed by atoms with van der Waals surface area (Å²) >= 11 is 0. The first-order chi connectivity index (χ1) is 21.4. The summed E-state index contributed by atoms with van der Waals surface area (Å²) in [5.74, 6) is -0.0360. The van der Waals surface area contributed by atoms with Crippen LogP contribution < -0.4 is 4.74 Å². The molecule has 4 heterocycles. The molecular formula is C34H33FN4O5. The summed E-state index contributed by atoms with van der Waals surface area (Å²) in [6, 6.07) is 15.3. The van der Waals surface area contributed by atoms with Crippen LogP contribution in [0.4, 0.5) is 4.39 Å². The Bertz CT molecular complexity index is 1770. The number of ether oxygens (including phenoxy) is 2. The highest BCUT2D eigenvalue weighted by Gasteiger charge is 2.30. The van der Waals surface area contributed by atoms with E-state index in [0.29, 0.717) is 36.6 Å². The Morgan fingerprint density at radius 3 is 2.59 bits per heavy atom. The maximum Gasteiger partial charge on any atom is 0.335 e. The standard InChI is InChI=1S/C34H33FN4O5/c35-27-16-23(33(40)22-4-5-22)6-7-25(27)20-44-32-3-1-2-28(37-32)21-10-13-38(14-11-21)19-31-36-29-9-8-24(34(41)42)17-30(29)39(31)18-26-12-15-43-26/h1-3,6-10,16-17,22,26H,4-5,11-15,18-20H2,(H,41,42)/t26-/m0/s1. The summed E-state index contributed by atoms with van der Waals surface area (Å²) in [6.45, 7) is 3.56. The minimum Gasteiger partial charge on any atom is -0.478 e. The molecule has 10 heteroatoms. The van der Waals surface area contributed by atoms with E-state index >= 15 is 0 Å². The Morgan fingerprint density at radius 1 is 1.05 bits per heavy atom. The van der Waals surface area contributed by atoms with Gasteiger partial charge in [-0.15, -0.1) is 0 Å². The largest absolute Gasteiger partial charge is 0.478 e. The lowest BCUT2D eigenvalue weighted by molar-refractivity contribution is -0.0591. The van der Waals surface area contributed by atoms with Gasteiger partial charge < -0.3 is 19.1 Å². The van der Waals surface area contributed by atoms with Crippen LogP contribution in [0.15, 0.2) is 60.7 Å². The first-order valence-electron chi connectivity index (χ1n) is 15.1. The van der Waals surface area contributed by atoms with Crippen LogP contribution in [0.25, 0.3) is 16.6 Å². The summed E-state index contributed by atoms with van der Waals surface area (Å²) in [6.07, 6.45) is 5.81. The summed E-state index contributed by atoms with van der Waals surface area (Å²) in [5, 5.41) is 9.51. The fraction of sp³-hybridized carbons (Fsp3) is 0.353. The number of halogens is 1. The van der Waals surface area contributed by atoms with Gasteiger partial charge in [0.25, 0.3) is 0 Å². The first-order valence-corrected chi connectivity index (χ1v) is 15.1. The minimum absolute atomic E-state index is 0.0151. The highest BCUT2D eigenvalue weighted by atomic mass is 19.1. The number of aromatic carboxylic acids is 1. The fourth-order valence-corrected chi connectivity index (χ4v) is 5.77. The van der Waals surface area contributed by atoms with E-state index in [2.05, 4.69) is 20.5 Å². The van der Waals surface area contributed by atoms with Gasteiger partial charge in [0, 0.05) is 42.8 Å². The molecule has 0 amide bonds. The molecule has 2 aromatic heterocycles. The minimum atomic E-state index is -0.958. The molecule has 1 aliphatic carbocycles. The molecule has 2 aliphatic heterocycles. The number of fused-ring (bicyclic) bond motifs is 1. The third-order valence-corrected chi connectivity index (χ3v) is 8.63. The molecule has 3 aliphatic rings. The van der Waals surface area contributed by atoms with E-state index in [4.69, 9.17) is 14.5 Å². The van der Waals surface area contributed by atoms with Gasteiger partial charge in [-0.3, -0.25) is 9.69 Å². The molecule has 1 saturated heterocycles. The van der Waals surface area contributed by atoms with E-state index in [9.17, 15) is 19.1 Å². The highest BCUT2D eigenvalue weighted by molar-refractivity contribution is 5.99. The maximum atomic E-state index is 14.7. The molecule has 2 fully saturated rings. The SMILES string of the molecule is O=C(O)c1ccc2nc(CN3CC=C(c4cccc(OCc5ccc(C(=O)C6CC6)cc5F)n4)CC3)n(C[C@@H]3CCO3)c2c1. The van der Waals surface area contributed by atoms with Crippen LogP contribution in [0.3, 0.4) is 0 Å². The van der Waals surface area contributed by atoms with Gasteiger partial charge in [-0.05, 0) is 61.6 Å². The van der Waals surface area contributed by atoms with E-state index in [0.717, 1.165) is 67.0 Å². The van der Waals surface area contributed by atoms with E-state index in [-0.39, 0.29) is 30.0 Å². The molecule has 0 unspecified atom stereocenters. The Balaban J connectivity index is 1.01. The number of carboxylic acid groups (broad SMARTS) is 1. The number of aromatic nitrogens is 3. The van der Waals surface area contributed by atoms with Crippen molar-refractivity contribution in [3.8, 4) is 5.88 Å². The maximum absolute atomic E-state index is 14.7. The predicted octanol–water partition coefficient (Wildman–Crippen LogP) is 5.52. The van der Waals surface area contributed by atoms with Gasteiger partial charge >= 0.3 is 5.97 Å². The number of carboxylic acids is 1. The van der Waals surface area contributed by atoms with Crippen molar-refractivity contribution >= 4 is 28.4 Å². The van der Waals surface area contributed by atoms with E-state index in [1.165, 1.54) is 6.07 Å². The highest BCUT2D eigenvalue weighted by Crippen LogP contribution is 2.33. The van der Waals surface area contributed by atoms with Gasteiger partial charge in [0.15, 0.2) is 5.78 Å². The molecule has 44 heavy (non-hydrogen) atoms. The molecule has 9 nitrogen and oxygen atoms in total. The smallest absolute Gasteiger partial charge is 0.335 e. The van der Waals surface area contributed by atoms with Crippen LogP contribution in [0.2, 0.25) is 0 Å². The number of pyridine rings is 1. The third-order valence-electron chi connectivity index (χ3n) is 8.63. The van der Waals surface area contributed by atoms with E-state index in [1.54, 1.807) is 36.4 Å². The lowest BCUT2D eigenvalue weighted by Gasteiger charge is -2.29. The summed E-state index contributed by atoms with van der Waals surface area (Å²) in [4.78, 5) is 35.7. The van der Waals surface area contributed by atoms with Crippen LogP contribution in [0.1, 0.15) is 63.5 Å². The van der Waals surface area contributed by atoms with Crippen LogP contribution in [-0.2, 0) is 24.4 Å². The van der Waals surface area contributed by atoms with Crippen LogP contribution >= 0.6 is 0 Å². The zero-order valence-electron chi connectivity index (χ0n) is 24.2. The van der Waals surface area contributed by atoms with Gasteiger partial charge in [0.05, 0.1) is 41.5 Å². The number of Topliss-reactive ketones (excluding diaryl/α,β-unsaturated/α-hetero) is 1. The zero-order chi connectivity index (χ0) is 30.2. The first kappa shape index (κ1) is 28.4. The van der Waals surface area contributed by atoms with Crippen molar-refractivity contribution in [3.05, 3.63) is 94.7 Å². The molecular weight excluding hydrogens is 563 g/mol. The molecule has 4 aromatic rings. The Kier molecular flexibility index (Phi) is 7.69.